The number of rotatable bonds is 10. The average Bonchev–Trinajstić information content (AvgIpc) is 2.88. The lowest BCUT2D eigenvalue weighted by Crippen LogP contribution is -2.38. The second-order valence-electron chi connectivity index (χ2n) is 7.61. The number of sulfonamides is 1. The first-order valence-electron chi connectivity index (χ1n) is 10.7. The van der Waals surface area contributed by atoms with Crippen molar-refractivity contribution in [2.75, 3.05) is 33.2 Å². The van der Waals surface area contributed by atoms with Crippen LogP contribution in [0.2, 0.25) is 5.02 Å². The highest BCUT2D eigenvalue weighted by Gasteiger charge is 2.29. The maximum absolute atomic E-state index is 14.4. The Morgan fingerprint density at radius 3 is 2.19 bits per heavy atom. The summed E-state index contributed by atoms with van der Waals surface area (Å²) in [5, 5.41) is 2.84. The van der Waals surface area contributed by atoms with Gasteiger partial charge in [-0.05, 0) is 30.3 Å². The van der Waals surface area contributed by atoms with Gasteiger partial charge in [0.05, 0.1) is 44.0 Å². The van der Waals surface area contributed by atoms with Gasteiger partial charge in [0.25, 0.3) is 0 Å². The average molecular weight is 551 g/mol. The minimum absolute atomic E-state index is 0.00392. The smallest absolute Gasteiger partial charge is 0.340 e. The number of hydrogen-bond donors (Lipinski definition) is 1. The monoisotopic (exact) mass is 550 g/mol. The molecule has 196 valence electrons. The topological polar surface area (TPSA) is 111 Å². The molecule has 3 rings (SSSR count). The lowest BCUT2D eigenvalue weighted by Gasteiger charge is -2.23. The van der Waals surface area contributed by atoms with Crippen LogP contribution in [0.5, 0.6) is 11.5 Å². The molecule has 1 amide bonds. The van der Waals surface area contributed by atoms with E-state index < -0.39 is 40.8 Å². The van der Waals surface area contributed by atoms with Crippen molar-refractivity contribution in [1.29, 1.82) is 0 Å². The Labute approximate surface area is 218 Å². The van der Waals surface area contributed by atoms with Crippen LogP contribution in [0.25, 0.3) is 0 Å². The molecule has 0 aliphatic rings. The van der Waals surface area contributed by atoms with E-state index in [2.05, 4.69) is 5.32 Å². The molecule has 0 aliphatic heterocycles. The summed E-state index contributed by atoms with van der Waals surface area (Å²) in [5.74, 6) is -1.78. The van der Waals surface area contributed by atoms with Crippen LogP contribution in [0.1, 0.15) is 15.9 Å². The third-order valence-electron chi connectivity index (χ3n) is 5.28. The number of carbonyl (C=O) groups is 2. The quantitative estimate of drug-likeness (QED) is 0.378. The van der Waals surface area contributed by atoms with Crippen LogP contribution in [0.4, 0.5) is 10.1 Å². The summed E-state index contributed by atoms with van der Waals surface area (Å²) in [4.78, 5) is 25.3. The van der Waals surface area contributed by atoms with Crippen LogP contribution in [0.3, 0.4) is 0 Å². The Morgan fingerprint density at radius 2 is 1.59 bits per heavy atom. The molecular weight excluding hydrogens is 527 g/mol. The molecule has 0 unspecified atom stereocenters. The molecule has 9 nitrogen and oxygen atoms in total. The summed E-state index contributed by atoms with van der Waals surface area (Å²) in [6.07, 6.45) is 0. The zero-order chi connectivity index (χ0) is 27.2. The van der Waals surface area contributed by atoms with Gasteiger partial charge in [-0.15, -0.1) is 0 Å². The predicted molar refractivity (Wildman–Crippen MR) is 135 cm³/mol. The van der Waals surface area contributed by atoms with Gasteiger partial charge in [-0.25, -0.2) is 17.6 Å². The van der Waals surface area contributed by atoms with Gasteiger partial charge in [-0.3, -0.25) is 4.79 Å². The summed E-state index contributed by atoms with van der Waals surface area (Å²) in [6.45, 7) is -1.13. The normalized spacial score (nSPS) is 11.2. The Kier molecular flexibility index (Phi) is 9.09. The van der Waals surface area contributed by atoms with E-state index in [-0.39, 0.29) is 33.2 Å². The van der Waals surface area contributed by atoms with Crippen molar-refractivity contribution in [3.05, 3.63) is 82.6 Å². The van der Waals surface area contributed by atoms with Crippen molar-refractivity contribution in [2.24, 2.45) is 0 Å². The minimum atomic E-state index is -4.26. The van der Waals surface area contributed by atoms with Crippen molar-refractivity contribution < 1.29 is 36.6 Å². The summed E-state index contributed by atoms with van der Waals surface area (Å²) < 4.78 is 57.3. The van der Waals surface area contributed by atoms with Gasteiger partial charge in [-0.2, -0.15) is 4.31 Å². The summed E-state index contributed by atoms with van der Waals surface area (Å²) in [6, 6.07) is 13.6. The Bertz CT molecular complexity index is 1400. The van der Waals surface area contributed by atoms with Crippen molar-refractivity contribution in [3.8, 4) is 11.5 Å². The van der Waals surface area contributed by atoms with Crippen LogP contribution in [-0.4, -0.2) is 52.5 Å². The van der Waals surface area contributed by atoms with Gasteiger partial charge >= 0.3 is 5.97 Å². The Morgan fingerprint density at radius 1 is 0.973 bits per heavy atom. The number of halogens is 2. The molecule has 0 saturated heterocycles. The molecule has 1 N–H and O–H groups in total. The van der Waals surface area contributed by atoms with Gasteiger partial charge in [0.15, 0.2) is 11.5 Å². The Balaban J connectivity index is 1.98. The highest BCUT2D eigenvalue weighted by molar-refractivity contribution is 7.89. The molecule has 0 aliphatic carbocycles. The van der Waals surface area contributed by atoms with Crippen molar-refractivity contribution in [1.82, 2.24) is 4.31 Å². The number of carbonyl (C=O) groups excluding carboxylic acids is 2. The van der Waals surface area contributed by atoms with Crippen LogP contribution >= 0.6 is 11.6 Å². The second kappa shape index (κ2) is 12.0. The molecule has 3 aromatic carbocycles. The van der Waals surface area contributed by atoms with Crippen molar-refractivity contribution in [2.45, 2.75) is 11.4 Å². The van der Waals surface area contributed by atoms with E-state index >= 15 is 0 Å². The number of esters is 1. The molecule has 0 fully saturated rings. The highest BCUT2D eigenvalue weighted by Crippen LogP contribution is 2.34. The molecule has 0 spiro atoms. The van der Waals surface area contributed by atoms with Crippen LogP contribution in [-0.2, 0) is 26.1 Å². The van der Waals surface area contributed by atoms with Gasteiger partial charge in [0.2, 0.25) is 15.9 Å². The second-order valence-corrected chi connectivity index (χ2v) is 9.99. The third kappa shape index (κ3) is 6.56. The lowest BCUT2D eigenvalue weighted by molar-refractivity contribution is -0.116. The van der Waals surface area contributed by atoms with Gasteiger partial charge < -0.3 is 19.5 Å². The molecule has 0 heterocycles. The number of methoxy groups -OCH3 is 3. The first-order chi connectivity index (χ1) is 17.6. The third-order valence-corrected chi connectivity index (χ3v) is 7.34. The standard InChI is InChI=1S/C25H24ClFN2O7S/c1-34-22-12-19(25(31)36-3)21(13-23(22)35-2)28-24(30)15-29(14-16-6-4-5-7-20(16)27)37(32,33)18-10-8-17(26)9-11-18/h4-13H,14-15H2,1-3H3,(H,28,30). The first kappa shape index (κ1) is 27.9. The summed E-state index contributed by atoms with van der Waals surface area (Å²) in [7, 11) is -0.352. The van der Waals surface area contributed by atoms with E-state index in [0.29, 0.717) is 5.02 Å². The number of amides is 1. The maximum atomic E-state index is 14.4. The number of nitrogens with zero attached hydrogens (tertiary/aromatic N) is 1. The SMILES string of the molecule is COC(=O)c1cc(OC)c(OC)cc1NC(=O)CN(Cc1ccccc1F)S(=O)(=O)c1ccc(Cl)cc1. The van der Waals surface area contributed by atoms with E-state index in [1.165, 1.54) is 75.9 Å². The fourth-order valence-corrected chi connectivity index (χ4v) is 4.91. The van der Waals surface area contributed by atoms with E-state index in [1.807, 2.05) is 0 Å². The van der Waals surface area contributed by atoms with Crippen LogP contribution in [0, 0.1) is 5.82 Å². The summed E-state index contributed by atoms with van der Waals surface area (Å²) in [5.41, 5.74) is 0.0214. The zero-order valence-electron chi connectivity index (χ0n) is 20.2. The molecule has 0 atom stereocenters. The fourth-order valence-electron chi connectivity index (χ4n) is 3.41. The number of nitrogens with one attached hydrogen (secondary N) is 1. The molecule has 0 saturated carbocycles. The maximum Gasteiger partial charge on any atom is 0.340 e. The molecule has 37 heavy (non-hydrogen) atoms. The molecule has 0 radical (unpaired) electrons. The van der Waals surface area contributed by atoms with E-state index in [1.54, 1.807) is 6.07 Å². The Hall–Kier alpha value is -3.67. The van der Waals surface area contributed by atoms with E-state index in [9.17, 15) is 22.4 Å². The van der Waals surface area contributed by atoms with Crippen LogP contribution < -0.4 is 14.8 Å². The van der Waals surface area contributed by atoms with Gasteiger partial charge in [-0.1, -0.05) is 29.8 Å². The van der Waals surface area contributed by atoms with Gasteiger partial charge in [0.1, 0.15) is 5.82 Å². The largest absolute Gasteiger partial charge is 0.493 e. The van der Waals surface area contributed by atoms with Crippen molar-refractivity contribution >= 4 is 39.2 Å². The number of hydrogen-bond acceptors (Lipinski definition) is 7. The summed E-state index contributed by atoms with van der Waals surface area (Å²) >= 11 is 5.89. The van der Waals surface area contributed by atoms with E-state index in [0.717, 1.165) is 4.31 Å². The number of anilines is 1. The lowest BCUT2D eigenvalue weighted by atomic mass is 10.1. The molecule has 12 heteroatoms. The fraction of sp³-hybridized carbons (Fsp3) is 0.200. The van der Waals surface area contributed by atoms with Crippen LogP contribution in [0.15, 0.2) is 65.6 Å². The van der Waals surface area contributed by atoms with Gasteiger partial charge in [0, 0.05) is 29.3 Å². The molecule has 0 aromatic heterocycles. The number of benzene rings is 3. The highest BCUT2D eigenvalue weighted by atomic mass is 35.5. The molecule has 3 aromatic rings. The first-order valence-corrected chi connectivity index (χ1v) is 12.6. The number of ether oxygens (including phenoxy) is 3. The van der Waals surface area contributed by atoms with Crippen molar-refractivity contribution in [3.63, 3.8) is 0 Å². The molecule has 0 bridgehead atoms. The minimum Gasteiger partial charge on any atom is -0.493 e. The predicted octanol–water partition coefficient (Wildman–Crippen LogP) is 4.11. The van der Waals surface area contributed by atoms with E-state index in [4.69, 9.17) is 25.8 Å². The zero-order valence-corrected chi connectivity index (χ0v) is 21.7. The molecular formula is C25H24ClFN2O7S.